The number of ether oxygens (including phenoxy) is 4. The van der Waals surface area contributed by atoms with Crippen LogP contribution in [-0.2, 0) is 0 Å². The van der Waals surface area contributed by atoms with Crippen LogP contribution < -0.4 is 18.9 Å². The van der Waals surface area contributed by atoms with E-state index >= 15 is 0 Å². The molecule has 0 fully saturated rings. The van der Waals surface area contributed by atoms with Crippen LogP contribution in [-0.4, -0.2) is 26.4 Å². The first-order valence-corrected chi connectivity index (χ1v) is 20.9. The van der Waals surface area contributed by atoms with Gasteiger partial charge in [0.1, 0.15) is 23.0 Å². The van der Waals surface area contributed by atoms with Crippen LogP contribution in [0.5, 0.6) is 23.0 Å². The minimum atomic E-state index is 0.0463. The largest absolute Gasteiger partial charge is 0.496 e. The highest BCUT2D eigenvalue weighted by Gasteiger charge is 2.27. The summed E-state index contributed by atoms with van der Waals surface area (Å²) < 4.78 is 25.7. The fourth-order valence-corrected chi connectivity index (χ4v) is 12.1. The van der Waals surface area contributed by atoms with Gasteiger partial charge in [0.05, 0.1) is 41.8 Å². The third kappa shape index (κ3) is 7.63. The summed E-state index contributed by atoms with van der Waals surface area (Å²) in [6.07, 6.45) is 0.0951. The molecule has 52 heavy (non-hydrogen) atoms. The highest BCUT2D eigenvalue weighted by molar-refractivity contribution is 8.10. The molecule has 8 heteroatoms. The van der Waals surface area contributed by atoms with Gasteiger partial charge >= 0.3 is 0 Å². The molecule has 5 rings (SSSR count). The Labute approximate surface area is 327 Å². The van der Waals surface area contributed by atoms with Crippen molar-refractivity contribution in [2.75, 3.05) is 14.2 Å². The van der Waals surface area contributed by atoms with E-state index in [9.17, 15) is 0 Å². The molecular formula is C44H52O4S4. The standard InChI is InChI=1S/C44H52O4S4/c1-22(2)25(7)40(52-44-31(13)30(12)39(51-44)37-33(46-15)19-17-21-35(37)48-24(5)6)41-28(10)29(11)43(50-41)42-27(9)26(8)38(49-42)36-32(45-14)18-16-20-34(36)47-23(3)4/h16-21,23-24H,1H2,2-15H3/b40-25-. The molecule has 0 amide bonds. The van der Waals surface area contributed by atoms with Crippen molar-refractivity contribution in [3.05, 3.63) is 92.4 Å². The normalized spacial score (nSPS) is 12.1. The summed E-state index contributed by atoms with van der Waals surface area (Å²) in [6, 6.07) is 12.1. The Morgan fingerprint density at radius 2 is 1.00 bits per heavy atom. The molecule has 0 aliphatic heterocycles. The second kappa shape index (κ2) is 16.3. The van der Waals surface area contributed by atoms with Crippen molar-refractivity contribution < 1.29 is 18.9 Å². The fourth-order valence-electron chi connectivity index (χ4n) is 6.08. The maximum Gasteiger partial charge on any atom is 0.132 e. The summed E-state index contributed by atoms with van der Waals surface area (Å²) in [4.78, 5) is 7.51. The van der Waals surface area contributed by atoms with Crippen molar-refractivity contribution in [3.8, 4) is 53.6 Å². The molecule has 0 unspecified atom stereocenters. The van der Waals surface area contributed by atoms with Crippen molar-refractivity contribution in [3.63, 3.8) is 0 Å². The summed E-state index contributed by atoms with van der Waals surface area (Å²) >= 11 is 7.39. The van der Waals surface area contributed by atoms with Gasteiger partial charge in [0, 0.05) is 29.3 Å². The highest BCUT2D eigenvalue weighted by Crippen LogP contribution is 2.55. The molecule has 0 radical (unpaired) electrons. The number of allylic oxidation sites excluding steroid dienone is 2. The average molecular weight is 773 g/mol. The Kier molecular flexibility index (Phi) is 12.5. The zero-order valence-corrected chi connectivity index (χ0v) is 36.4. The molecule has 0 aliphatic carbocycles. The van der Waals surface area contributed by atoms with Crippen molar-refractivity contribution >= 4 is 50.7 Å². The number of hydrogen-bond donors (Lipinski definition) is 0. The summed E-state index contributed by atoms with van der Waals surface area (Å²) in [5, 5.41) is 0. The smallest absolute Gasteiger partial charge is 0.132 e. The number of thiophene rings is 3. The molecule has 2 aromatic carbocycles. The van der Waals surface area contributed by atoms with E-state index in [0.29, 0.717) is 0 Å². The topological polar surface area (TPSA) is 36.9 Å². The van der Waals surface area contributed by atoms with Gasteiger partial charge in [0.2, 0.25) is 0 Å². The van der Waals surface area contributed by atoms with Crippen LogP contribution in [0, 0.1) is 41.5 Å². The molecule has 0 saturated carbocycles. The first-order chi connectivity index (χ1) is 24.6. The molecule has 276 valence electrons. The first kappa shape index (κ1) is 39.8. The Hall–Kier alpha value is -3.43. The number of rotatable bonds is 13. The highest BCUT2D eigenvalue weighted by atomic mass is 32.2. The molecule has 0 bridgehead atoms. The second-order valence-corrected chi connectivity index (χ2v) is 18.2. The van der Waals surface area contributed by atoms with E-state index in [1.807, 2.05) is 82.2 Å². The maximum absolute atomic E-state index is 6.32. The van der Waals surface area contributed by atoms with Crippen LogP contribution in [0.15, 0.2) is 58.3 Å². The number of benzene rings is 2. The minimum absolute atomic E-state index is 0.0463. The number of thioether (sulfide) groups is 1. The van der Waals surface area contributed by atoms with Gasteiger partial charge in [-0.25, -0.2) is 0 Å². The second-order valence-electron chi connectivity index (χ2n) is 13.8. The van der Waals surface area contributed by atoms with E-state index in [0.717, 1.165) is 39.7 Å². The van der Waals surface area contributed by atoms with Gasteiger partial charge in [0.15, 0.2) is 0 Å². The summed E-state index contributed by atoms with van der Waals surface area (Å²) in [7, 11) is 3.46. The summed E-state index contributed by atoms with van der Waals surface area (Å²) in [5.41, 5.74) is 12.0. The first-order valence-electron chi connectivity index (χ1n) is 17.6. The van der Waals surface area contributed by atoms with Crippen LogP contribution in [0.3, 0.4) is 0 Å². The van der Waals surface area contributed by atoms with E-state index in [1.54, 1.807) is 14.2 Å². The quantitative estimate of drug-likeness (QED) is 0.0880. The van der Waals surface area contributed by atoms with Gasteiger partial charge in [-0.2, -0.15) is 0 Å². The third-order valence-electron chi connectivity index (χ3n) is 9.48. The van der Waals surface area contributed by atoms with Crippen molar-refractivity contribution in [2.24, 2.45) is 0 Å². The van der Waals surface area contributed by atoms with Crippen LogP contribution in [0.4, 0.5) is 0 Å². The molecule has 0 N–H and O–H groups in total. The van der Waals surface area contributed by atoms with Gasteiger partial charge < -0.3 is 18.9 Å². The Bertz CT molecular complexity index is 2150. The van der Waals surface area contributed by atoms with Crippen LogP contribution in [0.25, 0.3) is 35.5 Å². The molecule has 5 aromatic rings. The van der Waals surface area contributed by atoms with Crippen molar-refractivity contribution in [1.82, 2.24) is 0 Å². The van der Waals surface area contributed by atoms with Gasteiger partial charge in [0.25, 0.3) is 0 Å². The summed E-state index contributed by atoms with van der Waals surface area (Å²) in [6.45, 7) is 30.4. The Balaban J connectivity index is 1.65. The Morgan fingerprint density at radius 3 is 1.48 bits per heavy atom. The average Bonchev–Trinajstić information content (AvgIpc) is 3.66. The summed E-state index contributed by atoms with van der Waals surface area (Å²) in [5.74, 6) is 3.33. The predicted octanol–water partition coefficient (Wildman–Crippen LogP) is 14.4. The zero-order chi connectivity index (χ0) is 38.2. The van der Waals surface area contributed by atoms with Gasteiger partial charge in [-0.15, -0.1) is 34.0 Å². The van der Waals surface area contributed by atoms with Crippen molar-refractivity contribution in [1.29, 1.82) is 0 Å². The lowest BCUT2D eigenvalue weighted by molar-refractivity contribution is 0.242. The van der Waals surface area contributed by atoms with E-state index < -0.39 is 0 Å². The van der Waals surface area contributed by atoms with E-state index in [4.69, 9.17) is 18.9 Å². The fraction of sp³-hybridized carbons (Fsp3) is 0.364. The van der Waals surface area contributed by atoms with Crippen molar-refractivity contribution in [2.45, 2.75) is 99.5 Å². The minimum Gasteiger partial charge on any atom is -0.496 e. The molecule has 3 heterocycles. The SMILES string of the molecule is C=C(C)/C(C)=C(\Sc1sc(-c2c(OC)cccc2OC(C)C)c(C)c1C)c1sc(-c2sc(-c3c(OC)cccc3OC(C)C)c(C)c2C)c(C)c1C. The van der Waals surface area contributed by atoms with Crippen LogP contribution >= 0.6 is 45.8 Å². The van der Waals surface area contributed by atoms with Gasteiger partial charge in [-0.3, -0.25) is 0 Å². The molecule has 0 atom stereocenters. The third-order valence-corrected chi connectivity index (χ3v) is 15.5. The van der Waals surface area contributed by atoms with E-state index in [-0.39, 0.29) is 12.2 Å². The molecule has 3 aromatic heterocycles. The van der Waals surface area contributed by atoms with Gasteiger partial charge in [-0.1, -0.05) is 36.0 Å². The molecular weight excluding hydrogens is 721 g/mol. The lowest BCUT2D eigenvalue weighted by Gasteiger charge is -2.16. The predicted molar refractivity (Wildman–Crippen MR) is 229 cm³/mol. The number of hydrogen-bond acceptors (Lipinski definition) is 8. The maximum atomic E-state index is 6.32. The van der Waals surface area contributed by atoms with Gasteiger partial charge in [-0.05, 0) is 146 Å². The van der Waals surface area contributed by atoms with E-state index in [1.165, 1.54) is 72.5 Å². The molecule has 0 spiro atoms. The monoisotopic (exact) mass is 772 g/mol. The number of methoxy groups -OCH3 is 2. The lowest BCUT2D eigenvalue weighted by atomic mass is 10.0. The zero-order valence-electron chi connectivity index (χ0n) is 33.1. The van der Waals surface area contributed by atoms with E-state index in [2.05, 4.69) is 89.7 Å². The van der Waals surface area contributed by atoms with Crippen LogP contribution in [0.2, 0.25) is 0 Å². The molecule has 0 saturated heterocycles. The Morgan fingerprint density at radius 1 is 0.577 bits per heavy atom. The molecule has 0 aliphatic rings. The van der Waals surface area contributed by atoms with Crippen LogP contribution in [0.1, 0.15) is 79.8 Å². The molecule has 4 nitrogen and oxygen atoms in total. The lowest BCUT2D eigenvalue weighted by Crippen LogP contribution is -2.07.